The Morgan fingerprint density at radius 1 is 0.792 bits per heavy atom. The smallest absolute Gasteiger partial charge is 0.119 e. The maximum atomic E-state index is 5.87. The molecule has 0 saturated carbocycles. The van der Waals surface area contributed by atoms with E-state index in [9.17, 15) is 0 Å². The van der Waals surface area contributed by atoms with Gasteiger partial charge in [0, 0.05) is 5.92 Å². The highest BCUT2D eigenvalue weighted by Gasteiger charge is 2.23. The van der Waals surface area contributed by atoms with Gasteiger partial charge in [0.05, 0.1) is 6.61 Å². The van der Waals surface area contributed by atoms with Crippen LogP contribution in [0.3, 0.4) is 0 Å². The minimum atomic E-state index is 0.202. The van der Waals surface area contributed by atoms with Crippen molar-refractivity contribution in [2.45, 2.75) is 12.0 Å². The average molecular weight is 316 g/mol. The minimum Gasteiger partial charge on any atom is -0.491 e. The first-order valence-corrected chi connectivity index (χ1v) is 8.34. The molecule has 1 atom stereocenters. The molecule has 1 aliphatic heterocycles. The van der Waals surface area contributed by atoms with Crippen molar-refractivity contribution in [3.05, 3.63) is 102 Å². The summed E-state index contributed by atoms with van der Waals surface area (Å²) in [6, 6.07) is 29.6. The number of epoxide rings is 1. The summed E-state index contributed by atoms with van der Waals surface area (Å²) in [5.74, 6) is 1.10. The lowest BCUT2D eigenvalue weighted by Crippen LogP contribution is -2.06. The lowest BCUT2D eigenvalue weighted by Gasteiger charge is -2.19. The van der Waals surface area contributed by atoms with E-state index in [1.54, 1.807) is 0 Å². The fourth-order valence-corrected chi connectivity index (χ4v) is 3.01. The van der Waals surface area contributed by atoms with Crippen molar-refractivity contribution in [2.75, 3.05) is 13.2 Å². The first-order valence-electron chi connectivity index (χ1n) is 8.34. The van der Waals surface area contributed by atoms with Crippen LogP contribution in [0.1, 0.15) is 22.6 Å². The zero-order valence-electron chi connectivity index (χ0n) is 13.5. The maximum absolute atomic E-state index is 5.87. The summed E-state index contributed by atoms with van der Waals surface area (Å²) in [4.78, 5) is 0. The molecule has 0 spiro atoms. The van der Waals surface area contributed by atoms with Crippen LogP contribution in [0, 0.1) is 0 Å². The van der Waals surface area contributed by atoms with E-state index in [-0.39, 0.29) is 12.0 Å². The molecule has 0 bridgehead atoms. The SMILES string of the molecule is c1ccc(C(c2ccccc2)c2cccc(OCC3CO3)c2)cc1. The Labute approximate surface area is 142 Å². The molecule has 0 aromatic heterocycles. The molecular weight excluding hydrogens is 296 g/mol. The van der Waals surface area contributed by atoms with Crippen LogP contribution in [0.5, 0.6) is 5.75 Å². The number of ether oxygens (including phenoxy) is 2. The largest absolute Gasteiger partial charge is 0.491 e. The predicted molar refractivity (Wildman–Crippen MR) is 95.5 cm³/mol. The number of rotatable bonds is 6. The van der Waals surface area contributed by atoms with Crippen molar-refractivity contribution in [1.82, 2.24) is 0 Å². The average Bonchev–Trinajstić information content (AvgIpc) is 3.47. The van der Waals surface area contributed by atoms with Gasteiger partial charge in [-0.3, -0.25) is 0 Å². The van der Waals surface area contributed by atoms with Crippen LogP contribution in [0.4, 0.5) is 0 Å². The lowest BCUT2D eigenvalue weighted by molar-refractivity contribution is 0.263. The van der Waals surface area contributed by atoms with Crippen LogP contribution in [0.2, 0.25) is 0 Å². The fraction of sp³-hybridized carbons (Fsp3) is 0.182. The van der Waals surface area contributed by atoms with Gasteiger partial charge < -0.3 is 9.47 Å². The van der Waals surface area contributed by atoms with E-state index in [0.29, 0.717) is 6.61 Å². The molecule has 120 valence electrons. The Balaban J connectivity index is 1.69. The fourth-order valence-electron chi connectivity index (χ4n) is 3.01. The Kier molecular flexibility index (Phi) is 4.30. The predicted octanol–water partition coefficient (Wildman–Crippen LogP) is 4.64. The quantitative estimate of drug-likeness (QED) is 0.488. The molecule has 1 fully saturated rings. The van der Waals surface area contributed by atoms with Crippen molar-refractivity contribution < 1.29 is 9.47 Å². The zero-order chi connectivity index (χ0) is 16.2. The third kappa shape index (κ3) is 3.50. The number of benzene rings is 3. The summed E-state index contributed by atoms with van der Waals surface area (Å²) >= 11 is 0. The van der Waals surface area contributed by atoms with Gasteiger partial charge in [0.15, 0.2) is 0 Å². The molecule has 0 amide bonds. The van der Waals surface area contributed by atoms with E-state index in [1.165, 1.54) is 16.7 Å². The molecular formula is C22H20O2. The molecule has 3 aromatic rings. The summed E-state index contributed by atoms with van der Waals surface area (Å²) in [6.45, 7) is 1.45. The van der Waals surface area contributed by atoms with Crippen molar-refractivity contribution in [1.29, 1.82) is 0 Å². The van der Waals surface area contributed by atoms with Crippen LogP contribution >= 0.6 is 0 Å². The second-order valence-corrected chi connectivity index (χ2v) is 6.09. The molecule has 1 unspecified atom stereocenters. The van der Waals surface area contributed by atoms with Crippen LogP contribution in [0.25, 0.3) is 0 Å². The van der Waals surface area contributed by atoms with E-state index in [0.717, 1.165) is 12.4 Å². The number of hydrogen-bond donors (Lipinski definition) is 0. The molecule has 1 aliphatic rings. The van der Waals surface area contributed by atoms with Crippen LogP contribution in [0.15, 0.2) is 84.9 Å². The lowest BCUT2D eigenvalue weighted by atomic mass is 9.85. The van der Waals surface area contributed by atoms with Crippen molar-refractivity contribution in [3.63, 3.8) is 0 Å². The monoisotopic (exact) mass is 316 g/mol. The van der Waals surface area contributed by atoms with Crippen molar-refractivity contribution >= 4 is 0 Å². The second kappa shape index (κ2) is 6.90. The topological polar surface area (TPSA) is 21.8 Å². The van der Waals surface area contributed by atoms with E-state index in [1.807, 2.05) is 6.07 Å². The third-order valence-corrected chi connectivity index (χ3v) is 4.30. The van der Waals surface area contributed by atoms with Crippen molar-refractivity contribution in [2.24, 2.45) is 0 Å². The van der Waals surface area contributed by atoms with Gasteiger partial charge in [0.2, 0.25) is 0 Å². The maximum Gasteiger partial charge on any atom is 0.119 e. The summed E-state index contributed by atoms with van der Waals surface area (Å²) in [7, 11) is 0. The Hall–Kier alpha value is -2.58. The minimum absolute atomic E-state index is 0.202. The van der Waals surface area contributed by atoms with E-state index < -0.39 is 0 Å². The van der Waals surface area contributed by atoms with Gasteiger partial charge in [-0.25, -0.2) is 0 Å². The highest BCUT2D eigenvalue weighted by Crippen LogP contribution is 2.33. The molecule has 1 saturated heterocycles. The second-order valence-electron chi connectivity index (χ2n) is 6.09. The third-order valence-electron chi connectivity index (χ3n) is 4.30. The van der Waals surface area contributed by atoms with Gasteiger partial charge in [0.25, 0.3) is 0 Å². The molecule has 0 N–H and O–H groups in total. The van der Waals surface area contributed by atoms with Gasteiger partial charge in [-0.2, -0.15) is 0 Å². The molecule has 3 aromatic carbocycles. The van der Waals surface area contributed by atoms with Gasteiger partial charge in [-0.05, 0) is 28.8 Å². The molecule has 24 heavy (non-hydrogen) atoms. The van der Waals surface area contributed by atoms with Crippen LogP contribution in [-0.4, -0.2) is 19.3 Å². The first-order chi connectivity index (χ1) is 11.9. The van der Waals surface area contributed by atoms with E-state index in [2.05, 4.69) is 78.9 Å². The van der Waals surface area contributed by atoms with E-state index in [4.69, 9.17) is 9.47 Å². The summed E-state index contributed by atoms with van der Waals surface area (Å²) in [5, 5.41) is 0. The highest BCUT2D eigenvalue weighted by molar-refractivity contribution is 5.45. The molecule has 2 heteroatoms. The first kappa shape index (κ1) is 15.0. The summed E-state index contributed by atoms with van der Waals surface area (Å²) < 4.78 is 11.1. The highest BCUT2D eigenvalue weighted by atomic mass is 16.6. The van der Waals surface area contributed by atoms with Gasteiger partial charge in [-0.1, -0.05) is 72.8 Å². The molecule has 0 radical (unpaired) electrons. The summed E-state index contributed by atoms with van der Waals surface area (Å²) in [5.41, 5.74) is 3.80. The molecule has 4 rings (SSSR count). The van der Waals surface area contributed by atoms with Crippen LogP contribution in [-0.2, 0) is 4.74 Å². The van der Waals surface area contributed by atoms with Crippen molar-refractivity contribution in [3.8, 4) is 5.75 Å². The zero-order valence-corrected chi connectivity index (χ0v) is 13.5. The molecule has 0 aliphatic carbocycles. The Bertz CT molecular complexity index is 740. The van der Waals surface area contributed by atoms with Gasteiger partial charge in [-0.15, -0.1) is 0 Å². The van der Waals surface area contributed by atoms with E-state index >= 15 is 0 Å². The normalized spacial score (nSPS) is 16.1. The molecule has 1 heterocycles. The Morgan fingerprint density at radius 2 is 1.38 bits per heavy atom. The molecule has 2 nitrogen and oxygen atoms in total. The number of hydrogen-bond acceptors (Lipinski definition) is 2. The Morgan fingerprint density at radius 3 is 1.96 bits per heavy atom. The van der Waals surface area contributed by atoms with Gasteiger partial charge >= 0.3 is 0 Å². The van der Waals surface area contributed by atoms with Crippen LogP contribution < -0.4 is 4.74 Å². The summed E-state index contributed by atoms with van der Waals surface area (Å²) in [6.07, 6.45) is 0.271. The van der Waals surface area contributed by atoms with Gasteiger partial charge in [0.1, 0.15) is 18.5 Å². The standard InChI is InChI=1S/C22H20O2/c1-3-8-17(9-4-1)22(18-10-5-2-6-11-18)19-12-7-13-20(14-19)23-15-21-16-24-21/h1-14,21-22H,15-16H2.